The van der Waals surface area contributed by atoms with Crippen LogP contribution in [0.3, 0.4) is 0 Å². The molecule has 1 unspecified atom stereocenters. The summed E-state index contributed by atoms with van der Waals surface area (Å²) in [5.41, 5.74) is 4.99. The maximum Gasteiger partial charge on any atom is 0.184 e. The lowest BCUT2D eigenvalue weighted by atomic mass is 9.86. The second kappa shape index (κ2) is 12.0. The summed E-state index contributed by atoms with van der Waals surface area (Å²) in [6.07, 6.45) is 9.23. The minimum Gasteiger partial charge on any atom is -0.504 e. The first-order chi connectivity index (χ1) is 21.0. The molecule has 0 saturated carbocycles. The number of carbonyl (C=O) groups excluding carboxylic acids is 1. The summed E-state index contributed by atoms with van der Waals surface area (Å²) in [6, 6.07) is 28.0. The third-order valence-electron chi connectivity index (χ3n) is 7.37. The van der Waals surface area contributed by atoms with Crippen LogP contribution in [0.1, 0.15) is 22.7 Å². The molecule has 0 saturated heterocycles. The van der Waals surface area contributed by atoms with Crippen molar-refractivity contribution in [2.45, 2.75) is 10.9 Å². The number of hydrogen-bond donors (Lipinski definition) is 2. The number of phenolic OH excluding ortho intramolecular Hbond substituents is 2. The fourth-order valence-corrected chi connectivity index (χ4v) is 6.43. The number of hydrogen-bond acceptors (Lipinski definition) is 7. The zero-order valence-corrected chi connectivity index (χ0v) is 24.4. The van der Waals surface area contributed by atoms with Gasteiger partial charge in [-0.15, -0.1) is 0 Å². The third kappa shape index (κ3) is 5.55. The second-order valence-electron chi connectivity index (χ2n) is 10.00. The van der Waals surface area contributed by atoms with Gasteiger partial charge in [0.15, 0.2) is 28.8 Å². The summed E-state index contributed by atoms with van der Waals surface area (Å²) in [5.74, 6) is 0.655. The van der Waals surface area contributed by atoms with Gasteiger partial charge in [0.2, 0.25) is 0 Å². The van der Waals surface area contributed by atoms with E-state index in [2.05, 4.69) is 23.1 Å². The third-order valence-corrected chi connectivity index (χ3v) is 8.46. The van der Waals surface area contributed by atoms with Crippen molar-refractivity contribution in [3.63, 3.8) is 0 Å². The Labute approximate surface area is 254 Å². The summed E-state index contributed by atoms with van der Waals surface area (Å²) < 4.78 is 10.5. The first-order valence-corrected chi connectivity index (χ1v) is 14.5. The number of rotatable bonds is 8. The number of ketones is 1. The van der Waals surface area contributed by atoms with Gasteiger partial charge >= 0.3 is 0 Å². The van der Waals surface area contributed by atoms with Gasteiger partial charge in [0.25, 0.3) is 0 Å². The first kappa shape index (κ1) is 28.0. The number of anilines is 1. The molecular formula is C36H29NO5S. The van der Waals surface area contributed by atoms with Crippen LogP contribution in [-0.4, -0.2) is 30.2 Å². The lowest BCUT2D eigenvalue weighted by molar-refractivity contribution is -0.111. The van der Waals surface area contributed by atoms with Gasteiger partial charge in [0.05, 0.1) is 31.0 Å². The highest BCUT2D eigenvalue weighted by molar-refractivity contribution is 8.03. The molecule has 4 aromatic rings. The van der Waals surface area contributed by atoms with Crippen LogP contribution in [0.15, 0.2) is 130 Å². The Balaban J connectivity index is 1.50. The minimum atomic E-state index is -0.377. The smallest absolute Gasteiger partial charge is 0.184 e. The van der Waals surface area contributed by atoms with Gasteiger partial charge in [-0.3, -0.25) is 4.79 Å². The fourth-order valence-electron chi connectivity index (χ4n) is 5.30. The molecule has 0 aliphatic carbocycles. The van der Waals surface area contributed by atoms with E-state index in [9.17, 15) is 15.0 Å². The highest BCUT2D eigenvalue weighted by Gasteiger charge is 2.39. The second-order valence-corrected chi connectivity index (χ2v) is 11.1. The minimum absolute atomic E-state index is 0.0336. The number of fused-ring (bicyclic) bond motifs is 3. The molecule has 214 valence electrons. The van der Waals surface area contributed by atoms with Gasteiger partial charge in [-0.1, -0.05) is 84.6 Å². The van der Waals surface area contributed by atoms with Crippen molar-refractivity contribution in [1.29, 1.82) is 0 Å². The van der Waals surface area contributed by atoms with E-state index < -0.39 is 0 Å². The molecule has 43 heavy (non-hydrogen) atoms. The Kier molecular flexibility index (Phi) is 7.81. The van der Waals surface area contributed by atoms with Crippen LogP contribution in [0.25, 0.3) is 12.2 Å². The van der Waals surface area contributed by atoms with E-state index in [1.165, 1.54) is 14.2 Å². The van der Waals surface area contributed by atoms with Crippen molar-refractivity contribution in [3.05, 3.63) is 142 Å². The van der Waals surface area contributed by atoms with Gasteiger partial charge in [-0.25, -0.2) is 0 Å². The molecule has 0 spiro atoms. The number of methoxy groups -OCH3 is 2. The molecule has 4 aromatic carbocycles. The molecule has 0 amide bonds. The number of nitrogens with zero attached hydrogens (tertiary/aromatic N) is 1. The predicted molar refractivity (Wildman–Crippen MR) is 171 cm³/mol. The van der Waals surface area contributed by atoms with Crippen LogP contribution in [0.4, 0.5) is 5.69 Å². The van der Waals surface area contributed by atoms with Crippen LogP contribution in [0.5, 0.6) is 23.0 Å². The number of aromatic hydroxyl groups is 2. The van der Waals surface area contributed by atoms with Crippen molar-refractivity contribution >= 4 is 35.4 Å². The number of benzene rings is 4. The van der Waals surface area contributed by atoms with Gasteiger partial charge in [0, 0.05) is 10.5 Å². The van der Waals surface area contributed by atoms with Crippen molar-refractivity contribution in [2.75, 3.05) is 19.1 Å². The molecule has 7 heteroatoms. The van der Waals surface area contributed by atoms with Crippen LogP contribution >= 0.6 is 11.8 Å². The molecule has 6 rings (SSSR count). The number of carbonyl (C=O) groups is 1. The Morgan fingerprint density at radius 1 is 0.791 bits per heavy atom. The predicted octanol–water partition coefficient (Wildman–Crippen LogP) is 7.92. The largest absolute Gasteiger partial charge is 0.504 e. The Bertz CT molecular complexity index is 1820. The number of phenols is 2. The van der Waals surface area contributed by atoms with Crippen LogP contribution < -0.4 is 14.4 Å². The quantitative estimate of drug-likeness (QED) is 0.203. The van der Waals surface area contributed by atoms with Gasteiger partial charge < -0.3 is 24.6 Å². The standard InChI is InChI=1S/C36H29NO5S/c1-41-31-20-23(13-17-28(31)38)12-16-26-22-34-37(27-10-6-7-11-33(27)43-34)36(25-8-4-3-5-9-25)35(26)30(40)19-15-24-14-18-29(39)32(21-24)42-2/h3-22,36,38-39H,1-2H3/b16-12+,19-15+. The highest BCUT2D eigenvalue weighted by atomic mass is 32.2. The molecule has 0 bridgehead atoms. The monoisotopic (exact) mass is 587 g/mol. The number of allylic oxidation sites excluding steroid dienone is 4. The van der Waals surface area contributed by atoms with E-state index in [1.807, 2.05) is 54.6 Å². The zero-order valence-electron chi connectivity index (χ0n) is 23.6. The molecule has 2 aliphatic rings. The zero-order chi connectivity index (χ0) is 29.9. The average molecular weight is 588 g/mol. The molecule has 2 heterocycles. The molecular weight excluding hydrogens is 558 g/mol. The fraction of sp³-hybridized carbons (Fsp3) is 0.0833. The van der Waals surface area contributed by atoms with E-state index in [-0.39, 0.29) is 23.3 Å². The van der Waals surface area contributed by atoms with Crippen molar-refractivity contribution in [1.82, 2.24) is 0 Å². The summed E-state index contributed by atoms with van der Waals surface area (Å²) in [5, 5.41) is 21.1. The maximum absolute atomic E-state index is 14.3. The van der Waals surface area contributed by atoms with Gasteiger partial charge in [-0.2, -0.15) is 0 Å². The first-order valence-electron chi connectivity index (χ1n) is 13.7. The summed E-state index contributed by atoms with van der Waals surface area (Å²) in [4.78, 5) is 17.6. The topological polar surface area (TPSA) is 79.2 Å². The SMILES string of the molecule is COc1cc(/C=C/C(=O)C2=C(/C=C/c3ccc(O)c(OC)c3)C=C3Sc4ccccc4N3C2c2ccccc2)ccc1O. The molecule has 6 nitrogen and oxygen atoms in total. The van der Waals surface area contributed by atoms with Crippen molar-refractivity contribution in [3.8, 4) is 23.0 Å². The number of thioether (sulfide) groups is 1. The maximum atomic E-state index is 14.3. The van der Waals surface area contributed by atoms with Crippen molar-refractivity contribution < 1.29 is 24.5 Å². The highest BCUT2D eigenvalue weighted by Crippen LogP contribution is 2.54. The Morgan fingerprint density at radius 3 is 2.09 bits per heavy atom. The lowest BCUT2D eigenvalue weighted by Gasteiger charge is -2.36. The molecule has 0 radical (unpaired) electrons. The van der Waals surface area contributed by atoms with Crippen molar-refractivity contribution in [2.24, 2.45) is 0 Å². The summed E-state index contributed by atoms with van der Waals surface area (Å²) >= 11 is 1.68. The molecule has 2 N–H and O–H groups in total. The molecule has 1 atom stereocenters. The number of ether oxygens (including phenoxy) is 2. The normalized spacial score (nSPS) is 15.9. The van der Waals surface area contributed by atoms with E-state index in [0.29, 0.717) is 17.1 Å². The van der Waals surface area contributed by atoms with Crippen LogP contribution in [0, 0.1) is 0 Å². The van der Waals surface area contributed by atoms with Gasteiger partial charge in [0.1, 0.15) is 0 Å². The number of para-hydroxylation sites is 1. The van der Waals surface area contributed by atoms with E-state index >= 15 is 0 Å². The van der Waals surface area contributed by atoms with Crippen LogP contribution in [-0.2, 0) is 4.79 Å². The average Bonchev–Trinajstić information content (AvgIpc) is 3.41. The molecule has 2 aliphatic heterocycles. The summed E-state index contributed by atoms with van der Waals surface area (Å²) in [7, 11) is 3.00. The van der Waals surface area contributed by atoms with Gasteiger partial charge in [-0.05, 0) is 70.8 Å². The van der Waals surface area contributed by atoms with E-state index in [0.717, 1.165) is 37.9 Å². The molecule has 0 fully saturated rings. The van der Waals surface area contributed by atoms with E-state index in [1.54, 1.807) is 60.3 Å². The van der Waals surface area contributed by atoms with Crippen LogP contribution in [0.2, 0.25) is 0 Å². The summed E-state index contributed by atoms with van der Waals surface area (Å²) in [6.45, 7) is 0. The molecule has 0 aromatic heterocycles. The lowest BCUT2D eigenvalue weighted by Crippen LogP contribution is -2.32. The Morgan fingerprint density at radius 2 is 1.42 bits per heavy atom. The van der Waals surface area contributed by atoms with E-state index in [4.69, 9.17) is 9.47 Å². The Hall–Kier alpha value is -5.14.